The smallest absolute Gasteiger partial charge is 0.322 e. The fraction of sp³-hybridized carbons (Fsp3) is 0.368. The number of likely N-dealkylation sites (tertiary alicyclic amines) is 1. The molecule has 0 radical (unpaired) electrons. The average Bonchev–Trinajstić information content (AvgIpc) is 3.28. The van der Waals surface area contributed by atoms with E-state index in [0.29, 0.717) is 6.61 Å². The topological polar surface area (TPSA) is 58.6 Å². The number of rotatable bonds is 5. The zero-order valence-electron chi connectivity index (χ0n) is 14.2. The Morgan fingerprint density at radius 3 is 2.76 bits per heavy atom. The molecular weight excluding hydrogens is 336 g/mol. The van der Waals surface area contributed by atoms with Gasteiger partial charge in [0.2, 0.25) is 0 Å². The first-order valence-electron chi connectivity index (χ1n) is 8.53. The van der Waals surface area contributed by atoms with E-state index in [0.717, 1.165) is 30.6 Å². The number of nitrogens with one attached hydrogen (secondary N) is 1. The quantitative estimate of drug-likeness (QED) is 0.814. The number of hydrogen-bond donors (Lipinski definition) is 1. The van der Waals surface area contributed by atoms with Crippen LogP contribution in [0.1, 0.15) is 36.2 Å². The van der Waals surface area contributed by atoms with Gasteiger partial charge >= 0.3 is 12.0 Å². The molecule has 5 nitrogen and oxygen atoms in total. The average molecular weight is 358 g/mol. The van der Waals surface area contributed by atoms with E-state index in [1.807, 2.05) is 40.6 Å². The maximum atomic E-state index is 12.6. The first kappa shape index (κ1) is 17.5. The molecule has 1 aromatic carbocycles. The molecule has 2 aromatic rings. The number of carbonyl (C=O) groups is 2. The normalized spacial score (nSPS) is 16.7. The van der Waals surface area contributed by atoms with Crippen molar-refractivity contribution in [3.05, 3.63) is 52.2 Å². The largest absolute Gasteiger partial charge is 0.466 e. The van der Waals surface area contributed by atoms with Gasteiger partial charge in [0, 0.05) is 17.1 Å². The van der Waals surface area contributed by atoms with E-state index in [1.54, 1.807) is 18.3 Å². The van der Waals surface area contributed by atoms with Crippen LogP contribution in [-0.2, 0) is 16.0 Å². The van der Waals surface area contributed by atoms with Crippen molar-refractivity contribution in [3.8, 4) is 0 Å². The van der Waals surface area contributed by atoms with Crippen molar-refractivity contribution < 1.29 is 14.3 Å². The fourth-order valence-corrected chi connectivity index (χ4v) is 3.94. The van der Waals surface area contributed by atoms with E-state index in [1.165, 1.54) is 4.88 Å². The second-order valence-electron chi connectivity index (χ2n) is 5.98. The number of urea groups is 1. The predicted octanol–water partition coefficient (Wildman–Crippen LogP) is 4.22. The second kappa shape index (κ2) is 8.16. The van der Waals surface area contributed by atoms with E-state index >= 15 is 0 Å². The molecule has 1 fully saturated rings. The summed E-state index contributed by atoms with van der Waals surface area (Å²) < 4.78 is 4.94. The van der Waals surface area contributed by atoms with Crippen LogP contribution in [0.2, 0.25) is 0 Å². The summed E-state index contributed by atoms with van der Waals surface area (Å²) in [6, 6.07) is 11.5. The Kier molecular flexibility index (Phi) is 5.71. The highest BCUT2D eigenvalue weighted by Crippen LogP contribution is 2.34. The van der Waals surface area contributed by atoms with Crippen LogP contribution in [0.25, 0.3) is 0 Å². The number of hydrogen-bond acceptors (Lipinski definition) is 4. The molecule has 25 heavy (non-hydrogen) atoms. The molecule has 2 heterocycles. The summed E-state index contributed by atoms with van der Waals surface area (Å²) in [7, 11) is 0. The highest BCUT2D eigenvalue weighted by Gasteiger charge is 2.30. The molecule has 1 aromatic heterocycles. The van der Waals surface area contributed by atoms with Crippen LogP contribution in [0.3, 0.4) is 0 Å². The lowest BCUT2D eigenvalue weighted by Crippen LogP contribution is -2.34. The van der Waals surface area contributed by atoms with Crippen LogP contribution in [0, 0.1) is 0 Å². The standard InChI is InChI=1S/C19H22N2O3S/c1-2-24-18(22)13-14-7-9-15(10-8-14)20-19(23)21-11-3-5-16(21)17-6-4-12-25-17/h4,6-10,12,16H,2-3,5,11,13H2,1H3,(H,20,23). The molecule has 0 bridgehead atoms. The van der Waals surface area contributed by atoms with Gasteiger partial charge in [0.05, 0.1) is 19.1 Å². The van der Waals surface area contributed by atoms with Crippen LogP contribution in [0.4, 0.5) is 10.5 Å². The molecule has 1 atom stereocenters. The summed E-state index contributed by atoms with van der Waals surface area (Å²) in [4.78, 5) is 27.2. The molecule has 6 heteroatoms. The van der Waals surface area contributed by atoms with Gasteiger partial charge in [0.1, 0.15) is 0 Å². The molecule has 1 N–H and O–H groups in total. The first-order chi connectivity index (χ1) is 12.2. The number of ether oxygens (including phenoxy) is 1. The SMILES string of the molecule is CCOC(=O)Cc1ccc(NC(=O)N2CCCC2c2cccs2)cc1. The van der Waals surface area contributed by atoms with Gasteiger partial charge in [-0.15, -0.1) is 11.3 Å². The minimum absolute atomic E-state index is 0.0750. The van der Waals surface area contributed by atoms with Crippen LogP contribution in [-0.4, -0.2) is 30.1 Å². The zero-order chi connectivity index (χ0) is 17.6. The molecule has 0 spiro atoms. The summed E-state index contributed by atoms with van der Waals surface area (Å²) in [5.41, 5.74) is 1.60. The molecule has 1 aliphatic rings. The third-order valence-corrected chi connectivity index (χ3v) is 5.22. The maximum Gasteiger partial charge on any atom is 0.322 e. The fourth-order valence-electron chi connectivity index (χ4n) is 3.07. The monoisotopic (exact) mass is 358 g/mol. The summed E-state index contributed by atoms with van der Waals surface area (Å²) >= 11 is 1.69. The predicted molar refractivity (Wildman–Crippen MR) is 98.8 cm³/mol. The second-order valence-corrected chi connectivity index (χ2v) is 6.95. The number of benzene rings is 1. The van der Waals surface area contributed by atoms with Gasteiger partial charge in [0.25, 0.3) is 0 Å². The van der Waals surface area contributed by atoms with Crippen LogP contribution in [0.15, 0.2) is 41.8 Å². The molecule has 0 aliphatic carbocycles. The van der Waals surface area contributed by atoms with E-state index in [9.17, 15) is 9.59 Å². The van der Waals surface area contributed by atoms with Crippen molar-refractivity contribution >= 4 is 29.0 Å². The molecular formula is C19H22N2O3S. The first-order valence-corrected chi connectivity index (χ1v) is 9.41. The van der Waals surface area contributed by atoms with Gasteiger partial charge in [-0.3, -0.25) is 4.79 Å². The molecule has 2 amide bonds. The van der Waals surface area contributed by atoms with Crippen LogP contribution < -0.4 is 5.32 Å². The number of amides is 2. The van der Waals surface area contributed by atoms with Crippen molar-refractivity contribution in [2.24, 2.45) is 0 Å². The molecule has 1 unspecified atom stereocenters. The summed E-state index contributed by atoms with van der Waals surface area (Å²) in [6.07, 6.45) is 2.27. The highest BCUT2D eigenvalue weighted by molar-refractivity contribution is 7.10. The zero-order valence-corrected chi connectivity index (χ0v) is 15.1. The number of anilines is 1. The molecule has 3 rings (SSSR count). The van der Waals surface area contributed by atoms with Crippen molar-refractivity contribution in [2.75, 3.05) is 18.5 Å². The molecule has 132 valence electrons. The third kappa shape index (κ3) is 4.39. The van der Waals surface area contributed by atoms with Gasteiger partial charge in [-0.25, -0.2) is 4.79 Å². The Hall–Kier alpha value is -2.34. The van der Waals surface area contributed by atoms with Crippen LogP contribution >= 0.6 is 11.3 Å². The number of nitrogens with zero attached hydrogens (tertiary/aromatic N) is 1. The molecule has 1 saturated heterocycles. The molecule has 0 saturated carbocycles. The van der Waals surface area contributed by atoms with Gasteiger partial charge in [-0.1, -0.05) is 18.2 Å². The Morgan fingerprint density at radius 2 is 2.08 bits per heavy atom. The summed E-state index contributed by atoms with van der Waals surface area (Å²) in [5, 5.41) is 5.00. The van der Waals surface area contributed by atoms with E-state index < -0.39 is 0 Å². The lowest BCUT2D eigenvalue weighted by molar-refractivity contribution is -0.142. The Balaban J connectivity index is 1.60. The van der Waals surface area contributed by atoms with Crippen molar-refractivity contribution in [1.29, 1.82) is 0 Å². The summed E-state index contributed by atoms with van der Waals surface area (Å²) in [6.45, 7) is 2.95. The Morgan fingerprint density at radius 1 is 1.28 bits per heavy atom. The van der Waals surface area contributed by atoms with Crippen molar-refractivity contribution in [2.45, 2.75) is 32.2 Å². The summed E-state index contributed by atoms with van der Waals surface area (Å²) in [5.74, 6) is -0.241. The minimum atomic E-state index is -0.241. The van der Waals surface area contributed by atoms with Crippen molar-refractivity contribution in [3.63, 3.8) is 0 Å². The van der Waals surface area contributed by atoms with Gasteiger partial charge < -0.3 is 15.0 Å². The third-order valence-electron chi connectivity index (χ3n) is 4.24. The van der Waals surface area contributed by atoms with Crippen molar-refractivity contribution in [1.82, 2.24) is 4.90 Å². The number of carbonyl (C=O) groups excluding carboxylic acids is 2. The van der Waals surface area contributed by atoms with Crippen LogP contribution in [0.5, 0.6) is 0 Å². The van der Waals surface area contributed by atoms with Gasteiger partial charge in [0.15, 0.2) is 0 Å². The Labute approximate surface area is 151 Å². The highest BCUT2D eigenvalue weighted by atomic mass is 32.1. The van der Waals surface area contributed by atoms with E-state index in [2.05, 4.69) is 11.4 Å². The van der Waals surface area contributed by atoms with Gasteiger partial charge in [-0.2, -0.15) is 0 Å². The van der Waals surface area contributed by atoms with E-state index in [4.69, 9.17) is 4.74 Å². The lowest BCUT2D eigenvalue weighted by Gasteiger charge is -2.24. The van der Waals surface area contributed by atoms with Gasteiger partial charge in [-0.05, 0) is 48.9 Å². The lowest BCUT2D eigenvalue weighted by atomic mass is 10.1. The Bertz CT molecular complexity index is 713. The number of thiophene rings is 1. The van der Waals surface area contributed by atoms with E-state index in [-0.39, 0.29) is 24.5 Å². The number of esters is 1. The molecule has 1 aliphatic heterocycles. The maximum absolute atomic E-state index is 12.6. The minimum Gasteiger partial charge on any atom is -0.466 e.